The van der Waals surface area contributed by atoms with Crippen molar-refractivity contribution < 1.29 is 9.90 Å². The average Bonchev–Trinajstić information content (AvgIpc) is 2.62. The van der Waals surface area contributed by atoms with Crippen molar-refractivity contribution in [2.75, 3.05) is 31.5 Å². The molecule has 25 heavy (non-hydrogen) atoms. The molecule has 0 bridgehead atoms. The highest BCUT2D eigenvalue weighted by molar-refractivity contribution is 5.93. The van der Waals surface area contributed by atoms with E-state index in [2.05, 4.69) is 25.1 Å². The van der Waals surface area contributed by atoms with Crippen molar-refractivity contribution in [3.8, 4) is 5.75 Å². The number of phenols is 1. The Morgan fingerprint density at radius 2 is 1.92 bits per heavy atom. The Kier molecular flexibility index (Phi) is 5.57. The van der Waals surface area contributed by atoms with E-state index in [0.29, 0.717) is 11.7 Å². The zero-order valence-electron chi connectivity index (χ0n) is 14.3. The van der Waals surface area contributed by atoms with Crippen LogP contribution in [0.4, 0.5) is 5.95 Å². The lowest BCUT2D eigenvalue weighted by Gasteiger charge is -2.37. The van der Waals surface area contributed by atoms with Gasteiger partial charge in [-0.3, -0.25) is 19.9 Å². The van der Waals surface area contributed by atoms with Crippen LogP contribution in [0.5, 0.6) is 5.75 Å². The molecule has 1 saturated heterocycles. The Hall–Kier alpha value is -2.51. The van der Waals surface area contributed by atoms with Gasteiger partial charge in [0.05, 0.1) is 6.04 Å². The maximum atomic E-state index is 12.3. The van der Waals surface area contributed by atoms with Gasteiger partial charge < -0.3 is 5.11 Å². The molecule has 2 N–H and O–H groups in total. The molecular weight excluding hydrogens is 318 g/mol. The number of piperazine rings is 1. The number of nitrogens with one attached hydrogen (secondary N) is 1. The van der Waals surface area contributed by atoms with E-state index in [1.165, 1.54) is 0 Å². The quantitative estimate of drug-likeness (QED) is 0.854. The number of nitrogens with zero attached hydrogens (tertiary/aromatic N) is 4. The summed E-state index contributed by atoms with van der Waals surface area (Å²) in [5.41, 5.74) is 1.10. The van der Waals surface area contributed by atoms with Gasteiger partial charge in [0.15, 0.2) is 0 Å². The van der Waals surface area contributed by atoms with Gasteiger partial charge in [-0.1, -0.05) is 12.1 Å². The number of rotatable bonds is 5. The summed E-state index contributed by atoms with van der Waals surface area (Å²) < 4.78 is 0. The number of aromatic nitrogens is 2. The first-order valence-corrected chi connectivity index (χ1v) is 8.44. The fourth-order valence-electron chi connectivity index (χ4n) is 2.97. The lowest BCUT2D eigenvalue weighted by molar-refractivity contribution is -0.121. The van der Waals surface area contributed by atoms with Crippen molar-refractivity contribution in [1.29, 1.82) is 0 Å². The van der Waals surface area contributed by atoms with Gasteiger partial charge in [0.25, 0.3) is 0 Å². The zero-order chi connectivity index (χ0) is 17.6. The second-order valence-corrected chi connectivity index (χ2v) is 6.22. The molecule has 1 aromatic carbocycles. The molecule has 132 valence electrons. The fourth-order valence-corrected chi connectivity index (χ4v) is 2.97. The average molecular weight is 341 g/mol. The molecule has 1 unspecified atom stereocenters. The summed E-state index contributed by atoms with van der Waals surface area (Å²) in [4.78, 5) is 24.9. The van der Waals surface area contributed by atoms with E-state index in [1.807, 2.05) is 19.1 Å². The molecule has 1 aliphatic heterocycles. The van der Waals surface area contributed by atoms with Gasteiger partial charge in [0.1, 0.15) is 5.75 Å². The summed E-state index contributed by atoms with van der Waals surface area (Å²) in [5.74, 6) is 0.541. The van der Waals surface area contributed by atoms with Gasteiger partial charge in [-0.15, -0.1) is 0 Å². The predicted molar refractivity (Wildman–Crippen MR) is 95.1 cm³/mol. The summed E-state index contributed by atoms with van der Waals surface area (Å²) in [6, 6.07) is 8.83. The molecule has 7 nitrogen and oxygen atoms in total. The standard InChI is InChI=1S/C18H23N5O2/c1-14(17(25)21-18-19-6-3-7-20-18)23-10-8-22(9-11-23)13-15-4-2-5-16(24)12-15/h2-7,12,14,24H,8-11,13H2,1H3,(H,19,20,21,25). The topological polar surface area (TPSA) is 81.6 Å². The minimum absolute atomic E-state index is 0.0902. The first-order valence-electron chi connectivity index (χ1n) is 8.44. The van der Waals surface area contributed by atoms with E-state index in [0.717, 1.165) is 38.3 Å². The molecule has 0 radical (unpaired) electrons. The lowest BCUT2D eigenvalue weighted by Crippen LogP contribution is -2.52. The van der Waals surface area contributed by atoms with Crippen molar-refractivity contribution >= 4 is 11.9 Å². The predicted octanol–water partition coefficient (Wildman–Crippen LogP) is 1.33. The van der Waals surface area contributed by atoms with Crippen LogP contribution in [-0.4, -0.2) is 63.0 Å². The smallest absolute Gasteiger partial charge is 0.243 e. The number of benzene rings is 1. The van der Waals surface area contributed by atoms with E-state index in [4.69, 9.17) is 0 Å². The van der Waals surface area contributed by atoms with Gasteiger partial charge >= 0.3 is 0 Å². The number of amides is 1. The lowest BCUT2D eigenvalue weighted by atomic mass is 10.1. The third-order valence-electron chi connectivity index (χ3n) is 4.45. The Morgan fingerprint density at radius 3 is 2.60 bits per heavy atom. The van der Waals surface area contributed by atoms with Crippen molar-refractivity contribution in [1.82, 2.24) is 19.8 Å². The molecule has 2 aromatic rings. The number of carbonyl (C=O) groups is 1. The summed E-state index contributed by atoms with van der Waals surface area (Å²) in [6.07, 6.45) is 3.21. The van der Waals surface area contributed by atoms with Crippen molar-refractivity contribution in [2.45, 2.75) is 19.5 Å². The van der Waals surface area contributed by atoms with Crippen LogP contribution in [0.25, 0.3) is 0 Å². The van der Waals surface area contributed by atoms with E-state index in [1.54, 1.807) is 30.6 Å². The van der Waals surface area contributed by atoms with Crippen LogP contribution >= 0.6 is 0 Å². The SMILES string of the molecule is CC(C(=O)Nc1ncccn1)N1CCN(Cc2cccc(O)c2)CC1. The molecule has 2 heterocycles. The van der Waals surface area contributed by atoms with Gasteiger partial charge in [0, 0.05) is 45.1 Å². The summed E-state index contributed by atoms with van der Waals surface area (Å²) in [6.45, 7) is 6.13. The minimum Gasteiger partial charge on any atom is -0.508 e. The molecule has 1 aromatic heterocycles. The minimum atomic E-state index is -0.230. The van der Waals surface area contributed by atoms with Gasteiger partial charge in [-0.05, 0) is 30.7 Å². The van der Waals surface area contributed by atoms with Crippen LogP contribution in [-0.2, 0) is 11.3 Å². The molecule has 1 fully saturated rings. The highest BCUT2D eigenvalue weighted by Crippen LogP contribution is 2.15. The number of hydrogen-bond acceptors (Lipinski definition) is 6. The maximum absolute atomic E-state index is 12.3. The van der Waals surface area contributed by atoms with Crippen molar-refractivity contribution in [2.24, 2.45) is 0 Å². The van der Waals surface area contributed by atoms with Crippen molar-refractivity contribution in [3.63, 3.8) is 0 Å². The molecular formula is C18H23N5O2. The van der Waals surface area contributed by atoms with Crippen LogP contribution in [0.15, 0.2) is 42.7 Å². The maximum Gasteiger partial charge on any atom is 0.243 e. The fraction of sp³-hybridized carbons (Fsp3) is 0.389. The highest BCUT2D eigenvalue weighted by atomic mass is 16.3. The van der Waals surface area contributed by atoms with Crippen LogP contribution in [0.1, 0.15) is 12.5 Å². The second-order valence-electron chi connectivity index (χ2n) is 6.22. The second kappa shape index (κ2) is 8.04. The zero-order valence-corrected chi connectivity index (χ0v) is 14.3. The summed E-state index contributed by atoms with van der Waals surface area (Å²) in [5, 5.41) is 12.3. The number of anilines is 1. The molecule has 1 atom stereocenters. The van der Waals surface area contributed by atoms with Crippen molar-refractivity contribution in [3.05, 3.63) is 48.3 Å². The number of hydrogen-bond donors (Lipinski definition) is 2. The number of phenolic OH excluding ortho intramolecular Hbond substituents is 1. The molecule has 1 aliphatic rings. The Labute approximate surface area is 147 Å². The van der Waals surface area contributed by atoms with E-state index in [-0.39, 0.29) is 11.9 Å². The van der Waals surface area contributed by atoms with E-state index in [9.17, 15) is 9.90 Å². The normalized spacial score (nSPS) is 17.2. The molecule has 0 saturated carbocycles. The largest absolute Gasteiger partial charge is 0.508 e. The van der Waals surface area contributed by atoms with Crippen LogP contribution in [0.2, 0.25) is 0 Å². The first-order chi connectivity index (χ1) is 12.1. The number of carbonyl (C=O) groups excluding carboxylic acids is 1. The third-order valence-corrected chi connectivity index (χ3v) is 4.45. The van der Waals surface area contributed by atoms with E-state index >= 15 is 0 Å². The van der Waals surface area contributed by atoms with E-state index < -0.39 is 0 Å². The van der Waals surface area contributed by atoms with Gasteiger partial charge in [-0.2, -0.15) is 0 Å². The summed E-state index contributed by atoms with van der Waals surface area (Å²) >= 11 is 0. The Morgan fingerprint density at radius 1 is 1.20 bits per heavy atom. The van der Waals surface area contributed by atoms with Gasteiger partial charge in [0.2, 0.25) is 11.9 Å². The van der Waals surface area contributed by atoms with Gasteiger partial charge in [-0.25, -0.2) is 9.97 Å². The molecule has 0 spiro atoms. The van der Waals surface area contributed by atoms with Crippen LogP contribution in [0, 0.1) is 0 Å². The summed E-state index contributed by atoms with van der Waals surface area (Å²) in [7, 11) is 0. The van der Waals surface area contributed by atoms with Crippen LogP contribution in [0.3, 0.4) is 0 Å². The molecule has 1 amide bonds. The third kappa shape index (κ3) is 4.74. The molecule has 7 heteroatoms. The highest BCUT2D eigenvalue weighted by Gasteiger charge is 2.26. The molecule has 0 aliphatic carbocycles. The Bertz CT molecular complexity index is 702. The van der Waals surface area contributed by atoms with Crippen LogP contribution < -0.4 is 5.32 Å². The first kappa shape index (κ1) is 17.3. The Balaban J connectivity index is 1.48. The monoisotopic (exact) mass is 341 g/mol. The number of aromatic hydroxyl groups is 1. The molecule has 3 rings (SSSR count).